The van der Waals surface area contributed by atoms with Crippen molar-refractivity contribution in [1.82, 2.24) is 19.1 Å². The van der Waals surface area contributed by atoms with Crippen molar-refractivity contribution < 1.29 is 0 Å². The molecular weight excluding hydrogens is 637 g/mol. The molecule has 1 aliphatic carbocycles. The van der Waals surface area contributed by atoms with Gasteiger partial charge in [-0.05, 0) is 91.7 Å². The van der Waals surface area contributed by atoms with Crippen LogP contribution in [0.5, 0.6) is 0 Å². The Morgan fingerprint density at radius 3 is 2.12 bits per heavy atom. The van der Waals surface area contributed by atoms with Gasteiger partial charge in [-0.3, -0.25) is 9.13 Å². The molecule has 1 N–H and O–H groups in total. The number of fused-ring (bicyclic) bond motifs is 3. The van der Waals surface area contributed by atoms with Crippen LogP contribution in [0.2, 0.25) is 0 Å². The summed E-state index contributed by atoms with van der Waals surface area (Å²) < 4.78 is 4.58. The fourth-order valence-corrected chi connectivity index (χ4v) is 7.71. The number of hydrogen-bond donors (Lipinski definition) is 1. The van der Waals surface area contributed by atoms with Crippen molar-refractivity contribution in [3.05, 3.63) is 188 Å². The number of nitrogens with one attached hydrogen (secondary N) is 1. The van der Waals surface area contributed by atoms with Crippen molar-refractivity contribution in [1.29, 1.82) is 0 Å². The van der Waals surface area contributed by atoms with Crippen LogP contribution in [0.1, 0.15) is 25.0 Å². The number of benzene rings is 5. The molecule has 252 valence electrons. The Labute approximate surface area is 303 Å². The second-order valence-corrected chi connectivity index (χ2v) is 13.3. The highest BCUT2D eigenvalue weighted by Gasteiger charge is 2.38. The second kappa shape index (κ2) is 13.2. The fraction of sp³-hybridized carbons (Fsp3) is 0.0870. The van der Waals surface area contributed by atoms with Crippen molar-refractivity contribution in [3.8, 4) is 5.69 Å². The van der Waals surface area contributed by atoms with Gasteiger partial charge in [0.25, 0.3) is 0 Å². The van der Waals surface area contributed by atoms with Gasteiger partial charge < -0.3 is 10.2 Å². The van der Waals surface area contributed by atoms with Crippen molar-refractivity contribution >= 4 is 56.0 Å². The fourth-order valence-electron chi connectivity index (χ4n) is 7.71. The highest BCUT2D eigenvalue weighted by molar-refractivity contribution is 5.92. The van der Waals surface area contributed by atoms with Crippen LogP contribution in [-0.4, -0.2) is 25.3 Å². The molecule has 0 spiro atoms. The molecule has 7 aromatic rings. The molecule has 0 saturated heterocycles. The smallest absolute Gasteiger partial charge is 0.145 e. The van der Waals surface area contributed by atoms with Crippen LogP contribution >= 0.6 is 0 Å². The van der Waals surface area contributed by atoms with E-state index in [4.69, 9.17) is 9.97 Å². The Morgan fingerprint density at radius 1 is 0.712 bits per heavy atom. The van der Waals surface area contributed by atoms with Crippen LogP contribution < -0.4 is 10.2 Å². The zero-order valence-electron chi connectivity index (χ0n) is 29.0. The molecule has 2 aliphatic rings. The normalized spacial score (nSPS) is 17.3. The molecule has 0 bridgehead atoms. The Hall–Kier alpha value is -6.66. The van der Waals surface area contributed by atoms with E-state index in [9.17, 15) is 0 Å². The lowest BCUT2D eigenvalue weighted by Crippen LogP contribution is -2.39. The molecule has 6 heteroatoms. The van der Waals surface area contributed by atoms with E-state index in [-0.39, 0.29) is 12.1 Å². The number of hydrogen-bond acceptors (Lipinski definition) is 4. The quantitative estimate of drug-likeness (QED) is 0.163. The first-order valence-corrected chi connectivity index (χ1v) is 17.8. The molecule has 2 atom stereocenters. The zero-order chi connectivity index (χ0) is 35.0. The van der Waals surface area contributed by atoms with E-state index < -0.39 is 0 Å². The van der Waals surface area contributed by atoms with E-state index in [2.05, 4.69) is 185 Å². The van der Waals surface area contributed by atoms with Crippen LogP contribution in [0.3, 0.4) is 0 Å². The largest absolute Gasteiger partial charge is 0.363 e. The van der Waals surface area contributed by atoms with Gasteiger partial charge in [-0.2, -0.15) is 0 Å². The summed E-state index contributed by atoms with van der Waals surface area (Å²) in [5, 5.41) is 3.94. The van der Waals surface area contributed by atoms with Gasteiger partial charge in [0.1, 0.15) is 17.8 Å². The first-order valence-electron chi connectivity index (χ1n) is 17.8. The molecule has 2 unspecified atom stereocenters. The van der Waals surface area contributed by atoms with Gasteiger partial charge in [-0.1, -0.05) is 104 Å². The molecular formula is C46H38N6. The second-order valence-electron chi connectivity index (χ2n) is 13.3. The van der Waals surface area contributed by atoms with Gasteiger partial charge in [0.2, 0.25) is 0 Å². The molecule has 1 aliphatic heterocycles. The number of rotatable bonds is 8. The van der Waals surface area contributed by atoms with Gasteiger partial charge in [0.05, 0.1) is 33.4 Å². The Kier molecular flexibility index (Phi) is 7.97. The summed E-state index contributed by atoms with van der Waals surface area (Å²) in [4.78, 5) is 13.1. The third kappa shape index (κ3) is 5.46. The Bertz CT molecular complexity index is 2570. The number of aromatic nitrogens is 4. The number of para-hydroxylation sites is 8. The van der Waals surface area contributed by atoms with Crippen LogP contribution in [-0.2, 0) is 0 Å². The molecule has 2 aromatic heterocycles. The molecule has 6 nitrogen and oxygen atoms in total. The summed E-state index contributed by atoms with van der Waals surface area (Å²) in [5.74, 6) is 1.88. The van der Waals surface area contributed by atoms with Gasteiger partial charge in [-0.15, -0.1) is 0 Å². The van der Waals surface area contributed by atoms with Gasteiger partial charge >= 0.3 is 0 Å². The van der Waals surface area contributed by atoms with E-state index in [1.165, 1.54) is 5.69 Å². The van der Waals surface area contributed by atoms with Crippen molar-refractivity contribution in [2.24, 2.45) is 5.92 Å². The summed E-state index contributed by atoms with van der Waals surface area (Å²) >= 11 is 0. The van der Waals surface area contributed by atoms with Crippen LogP contribution in [0.15, 0.2) is 176 Å². The third-order valence-corrected chi connectivity index (χ3v) is 9.98. The summed E-state index contributed by atoms with van der Waals surface area (Å²) in [7, 11) is 0. The molecule has 52 heavy (non-hydrogen) atoms. The van der Waals surface area contributed by atoms with Crippen molar-refractivity contribution in [2.45, 2.75) is 19.5 Å². The number of nitrogens with zero attached hydrogens (tertiary/aromatic N) is 5. The lowest BCUT2D eigenvalue weighted by atomic mass is 9.86. The first-order chi connectivity index (χ1) is 25.7. The lowest BCUT2D eigenvalue weighted by Gasteiger charge is -2.34. The van der Waals surface area contributed by atoms with E-state index in [1.54, 1.807) is 6.08 Å². The first kappa shape index (κ1) is 31.3. The van der Waals surface area contributed by atoms with Crippen LogP contribution in [0.25, 0.3) is 44.6 Å². The molecule has 9 rings (SSSR count). The molecule has 0 radical (unpaired) electrons. The van der Waals surface area contributed by atoms with E-state index in [1.807, 2.05) is 12.2 Å². The summed E-state index contributed by atoms with van der Waals surface area (Å²) in [6, 6.07) is 46.6. The average molecular weight is 675 g/mol. The highest BCUT2D eigenvalue weighted by atomic mass is 15.3. The maximum Gasteiger partial charge on any atom is 0.145 e. The minimum absolute atomic E-state index is 0.0462. The third-order valence-electron chi connectivity index (χ3n) is 9.98. The van der Waals surface area contributed by atoms with Gasteiger partial charge in [0, 0.05) is 28.6 Å². The maximum atomic E-state index is 5.35. The van der Waals surface area contributed by atoms with Crippen molar-refractivity contribution in [2.75, 3.05) is 10.2 Å². The van der Waals surface area contributed by atoms with E-state index >= 15 is 0 Å². The van der Waals surface area contributed by atoms with Crippen LogP contribution in [0, 0.1) is 5.92 Å². The standard InChI is InChI=1S/C46H38N6/c1-3-4-7-18-32(2)50-41-26-15-12-23-38(41)47-44(50)33-29-34(45-48-39-24-13-16-27-42(39)51(45)36-19-8-5-9-20-36)31-35(30-33)46-49-40-25-14-17-28-43(40)52(46)37-21-10-6-11-22-37/h3-30,34,45,48H,1,31H2,2H3/b7-4-,32-18+. The summed E-state index contributed by atoms with van der Waals surface area (Å²) in [5.41, 5.74) is 11.8. The lowest BCUT2D eigenvalue weighted by molar-refractivity contribution is 0.558. The maximum absolute atomic E-state index is 5.35. The molecule has 0 saturated carbocycles. The SMILES string of the molecule is C=C/C=C\C=C(/C)n1c(C2=CC(C3Nc4ccccc4N3c3ccccc3)CC(c3nc4ccccc4n3-c3ccccc3)=C2)nc2ccccc21. The Morgan fingerprint density at radius 2 is 1.35 bits per heavy atom. The predicted molar refractivity (Wildman–Crippen MR) is 217 cm³/mol. The molecule has 0 fully saturated rings. The molecule has 5 aromatic carbocycles. The van der Waals surface area contributed by atoms with Crippen LogP contribution in [0.4, 0.5) is 17.1 Å². The van der Waals surface area contributed by atoms with Gasteiger partial charge in [0.15, 0.2) is 0 Å². The molecule has 3 heterocycles. The monoisotopic (exact) mass is 674 g/mol. The predicted octanol–water partition coefficient (Wildman–Crippen LogP) is 11.1. The molecule has 0 amide bonds. The van der Waals surface area contributed by atoms with E-state index in [0.717, 1.165) is 74.0 Å². The van der Waals surface area contributed by atoms with Gasteiger partial charge in [-0.25, -0.2) is 9.97 Å². The highest BCUT2D eigenvalue weighted by Crippen LogP contribution is 2.46. The van der Waals surface area contributed by atoms with Crippen molar-refractivity contribution in [3.63, 3.8) is 0 Å². The average Bonchev–Trinajstić information content (AvgIpc) is 3.91. The summed E-state index contributed by atoms with van der Waals surface area (Å²) in [6.45, 7) is 6.00. The number of anilines is 3. The zero-order valence-corrected chi connectivity index (χ0v) is 29.0. The minimum atomic E-state index is -0.0574. The number of imidazole rings is 2. The van der Waals surface area contributed by atoms with E-state index in [0.29, 0.717) is 0 Å². The number of allylic oxidation sites excluding steroid dienone is 8. The topological polar surface area (TPSA) is 50.9 Å². The minimum Gasteiger partial charge on any atom is -0.363 e. The Balaban J connectivity index is 1.27. The summed E-state index contributed by atoms with van der Waals surface area (Å²) in [6.07, 6.45) is 13.3.